The fraction of sp³-hybridized carbons (Fsp3) is 0.600. The number of hydrogen-bond donors (Lipinski definition) is 0. The van der Waals surface area contributed by atoms with Gasteiger partial charge in [-0.2, -0.15) is 0 Å². The number of alkyl halides is 1. The lowest BCUT2D eigenvalue weighted by atomic mass is 9.88. The van der Waals surface area contributed by atoms with Crippen LogP contribution in [-0.2, 0) is 6.42 Å². The van der Waals surface area contributed by atoms with Crippen molar-refractivity contribution in [2.45, 2.75) is 39.0 Å². The minimum atomic E-state index is 0.108. The second-order valence-electron chi connectivity index (χ2n) is 5.51. The van der Waals surface area contributed by atoms with Crippen molar-refractivity contribution in [2.24, 2.45) is 5.41 Å². The van der Waals surface area contributed by atoms with Crippen molar-refractivity contribution in [1.82, 2.24) is 0 Å². The molecule has 0 saturated heterocycles. The van der Waals surface area contributed by atoms with Crippen molar-refractivity contribution in [3.63, 3.8) is 0 Å². The molecule has 0 spiro atoms. The molecular weight excluding hydrogens is 248 g/mol. The standard InChI is InChI=1S/C15H23ClO2/c1-15(2,3)14(16)10-9-11-12(17-4)7-6-8-13(11)18-5/h6-8,14H,9-10H2,1-5H3. The number of benzene rings is 1. The molecule has 0 fully saturated rings. The molecule has 0 aliphatic rings. The molecule has 1 aromatic carbocycles. The summed E-state index contributed by atoms with van der Waals surface area (Å²) in [4.78, 5) is 0. The van der Waals surface area contributed by atoms with E-state index in [-0.39, 0.29) is 10.8 Å². The van der Waals surface area contributed by atoms with Gasteiger partial charge in [0.15, 0.2) is 0 Å². The fourth-order valence-corrected chi connectivity index (χ4v) is 1.99. The molecule has 0 heterocycles. The summed E-state index contributed by atoms with van der Waals surface area (Å²) in [6, 6.07) is 5.85. The van der Waals surface area contributed by atoms with Gasteiger partial charge in [0.05, 0.1) is 14.2 Å². The van der Waals surface area contributed by atoms with Gasteiger partial charge in [-0.3, -0.25) is 0 Å². The Bertz CT molecular complexity index is 360. The van der Waals surface area contributed by atoms with Crippen LogP contribution in [0.5, 0.6) is 11.5 Å². The van der Waals surface area contributed by atoms with Gasteiger partial charge < -0.3 is 9.47 Å². The summed E-state index contributed by atoms with van der Waals surface area (Å²) in [5, 5.41) is 0.132. The number of ether oxygens (including phenoxy) is 2. The smallest absolute Gasteiger partial charge is 0.125 e. The Morgan fingerprint density at radius 2 is 1.61 bits per heavy atom. The first-order valence-corrected chi connectivity index (χ1v) is 6.67. The Morgan fingerprint density at radius 3 is 2.00 bits per heavy atom. The van der Waals surface area contributed by atoms with E-state index in [4.69, 9.17) is 21.1 Å². The Morgan fingerprint density at radius 1 is 1.11 bits per heavy atom. The molecule has 102 valence electrons. The molecule has 0 aliphatic heterocycles. The second-order valence-corrected chi connectivity index (χ2v) is 6.04. The van der Waals surface area contributed by atoms with Crippen LogP contribution in [-0.4, -0.2) is 19.6 Å². The van der Waals surface area contributed by atoms with Crippen molar-refractivity contribution >= 4 is 11.6 Å². The molecule has 1 aromatic rings. The first-order valence-electron chi connectivity index (χ1n) is 6.24. The average Bonchev–Trinajstić information content (AvgIpc) is 2.34. The molecule has 18 heavy (non-hydrogen) atoms. The first kappa shape index (κ1) is 15.2. The Labute approximate surface area is 115 Å². The largest absolute Gasteiger partial charge is 0.496 e. The van der Waals surface area contributed by atoms with Gasteiger partial charge in [0.2, 0.25) is 0 Å². The molecule has 0 N–H and O–H groups in total. The molecule has 2 nitrogen and oxygen atoms in total. The number of hydrogen-bond acceptors (Lipinski definition) is 2. The number of methoxy groups -OCH3 is 2. The zero-order valence-corrected chi connectivity index (χ0v) is 12.7. The van der Waals surface area contributed by atoms with Crippen LogP contribution in [0.2, 0.25) is 0 Å². The monoisotopic (exact) mass is 270 g/mol. The van der Waals surface area contributed by atoms with E-state index >= 15 is 0 Å². The lowest BCUT2D eigenvalue weighted by molar-refractivity contribution is 0.362. The van der Waals surface area contributed by atoms with Gasteiger partial charge in [0, 0.05) is 10.9 Å². The lowest BCUT2D eigenvalue weighted by Crippen LogP contribution is -2.21. The van der Waals surface area contributed by atoms with E-state index in [1.807, 2.05) is 18.2 Å². The van der Waals surface area contributed by atoms with Crippen LogP contribution in [0.3, 0.4) is 0 Å². The molecule has 0 aliphatic carbocycles. The maximum atomic E-state index is 6.42. The number of rotatable bonds is 5. The van der Waals surface area contributed by atoms with E-state index in [1.165, 1.54) is 0 Å². The second kappa shape index (κ2) is 6.33. The zero-order valence-electron chi connectivity index (χ0n) is 11.9. The summed E-state index contributed by atoms with van der Waals surface area (Å²) in [5.41, 5.74) is 1.20. The third-order valence-corrected chi connectivity index (χ3v) is 3.99. The lowest BCUT2D eigenvalue weighted by Gasteiger charge is -2.25. The summed E-state index contributed by atoms with van der Waals surface area (Å²) in [5.74, 6) is 1.74. The third kappa shape index (κ3) is 3.81. The normalized spacial score (nSPS) is 13.2. The Kier molecular flexibility index (Phi) is 5.33. The Balaban J connectivity index is 2.83. The van der Waals surface area contributed by atoms with Crippen LogP contribution in [0.4, 0.5) is 0 Å². The average molecular weight is 271 g/mol. The highest BCUT2D eigenvalue weighted by atomic mass is 35.5. The molecule has 0 radical (unpaired) electrons. The van der Waals surface area contributed by atoms with E-state index in [0.717, 1.165) is 29.9 Å². The molecule has 3 heteroatoms. The number of halogens is 1. The summed E-state index contributed by atoms with van der Waals surface area (Å²) >= 11 is 6.42. The topological polar surface area (TPSA) is 18.5 Å². The van der Waals surface area contributed by atoms with Crippen LogP contribution in [0, 0.1) is 5.41 Å². The van der Waals surface area contributed by atoms with Crippen molar-refractivity contribution in [3.8, 4) is 11.5 Å². The van der Waals surface area contributed by atoms with E-state index < -0.39 is 0 Å². The maximum absolute atomic E-state index is 6.42. The van der Waals surface area contributed by atoms with Crippen LogP contribution in [0.25, 0.3) is 0 Å². The van der Waals surface area contributed by atoms with Crippen LogP contribution in [0.1, 0.15) is 32.8 Å². The molecule has 1 rings (SSSR count). The highest BCUT2D eigenvalue weighted by molar-refractivity contribution is 6.21. The SMILES string of the molecule is COc1cccc(OC)c1CCC(Cl)C(C)(C)C. The maximum Gasteiger partial charge on any atom is 0.125 e. The fourth-order valence-electron chi connectivity index (χ4n) is 1.88. The van der Waals surface area contributed by atoms with Gasteiger partial charge in [0.25, 0.3) is 0 Å². The van der Waals surface area contributed by atoms with Gasteiger partial charge in [-0.05, 0) is 30.4 Å². The molecule has 0 aromatic heterocycles. The molecular formula is C15H23ClO2. The summed E-state index contributed by atoms with van der Waals surface area (Å²) < 4.78 is 10.8. The first-order chi connectivity index (χ1) is 8.40. The zero-order chi connectivity index (χ0) is 13.8. The van der Waals surface area contributed by atoms with Gasteiger partial charge in [0.1, 0.15) is 11.5 Å². The molecule has 0 saturated carbocycles. The van der Waals surface area contributed by atoms with E-state index in [9.17, 15) is 0 Å². The third-order valence-electron chi connectivity index (χ3n) is 3.12. The van der Waals surface area contributed by atoms with Crippen molar-refractivity contribution in [1.29, 1.82) is 0 Å². The van der Waals surface area contributed by atoms with E-state index in [1.54, 1.807) is 14.2 Å². The highest BCUT2D eigenvalue weighted by Gasteiger charge is 2.23. The van der Waals surface area contributed by atoms with Crippen molar-refractivity contribution in [3.05, 3.63) is 23.8 Å². The van der Waals surface area contributed by atoms with Gasteiger partial charge in [-0.1, -0.05) is 26.8 Å². The predicted molar refractivity (Wildman–Crippen MR) is 77.0 cm³/mol. The van der Waals surface area contributed by atoms with Crippen molar-refractivity contribution < 1.29 is 9.47 Å². The minimum absolute atomic E-state index is 0.108. The molecule has 1 unspecified atom stereocenters. The van der Waals surface area contributed by atoms with Crippen LogP contribution >= 0.6 is 11.6 Å². The quantitative estimate of drug-likeness (QED) is 0.743. The summed E-state index contributed by atoms with van der Waals surface area (Å²) in [6.07, 6.45) is 1.76. The Hall–Kier alpha value is -0.890. The van der Waals surface area contributed by atoms with Crippen LogP contribution in [0.15, 0.2) is 18.2 Å². The summed E-state index contributed by atoms with van der Waals surface area (Å²) in [6.45, 7) is 6.47. The van der Waals surface area contributed by atoms with Gasteiger partial charge in [-0.25, -0.2) is 0 Å². The van der Waals surface area contributed by atoms with E-state index in [0.29, 0.717) is 0 Å². The highest BCUT2D eigenvalue weighted by Crippen LogP contribution is 2.33. The van der Waals surface area contributed by atoms with E-state index in [2.05, 4.69) is 20.8 Å². The van der Waals surface area contributed by atoms with Crippen molar-refractivity contribution in [2.75, 3.05) is 14.2 Å². The molecule has 0 amide bonds. The predicted octanol–water partition coefficient (Wildman–Crippen LogP) is 4.29. The molecule has 1 atom stereocenters. The van der Waals surface area contributed by atoms with Gasteiger partial charge in [-0.15, -0.1) is 11.6 Å². The van der Waals surface area contributed by atoms with Crippen LogP contribution < -0.4 is 9.47 Å². The molecule has 0 bridgehead atoms. The van der Waals surface area contributed by atoms with Gasteiger partial charge >= 0.3 is 0 Å². The minimum Gasteiger partial charge on any atom is -0.496 e. The summed E-state index contributed by atoms with van der Waals surface area (Å²) in [7, 11) is 3.36.